The van der Waals surface area contributed by atoms with Crippen LogP contribution in [0.25, 0.3) is 0 Å². The second-order valence-corrected chi connectivity index (χ2v) is 5.90. The average Bonchev–Trinajstić information content (AvgIpc) is 2.86. The lowest BCUT2D eigenvalue weighted by Crippen LogP contribution is -2.28. The van der Waals surface area contributed by atoms with Gasteiger partial charge in [-0.05, 0) is 29.8 Å². The molecule has 0 bridgehead atoms. The Kier molecular flexibility index (Phi) is 5.50. The first-order chi connectivity index (χ1) is 12.2. The molecular formula is C18H19ClN2O4. The van der Waals surface area contributed by atoms with E-state index in [1.54, 1.807) is 31.4 Å². The number of methoxy groups -OCH3 is 1. The lowest BCUT2D eigenvalue weighted by atomic mass is 10.2. The van der Waals surface area contributed by atoms with Crippen molar-refractivity contribution in [3.05, 3.63) is 47.0 Å². The molecule has 0 radical (unpaired) electrons. The van der Waals surface area contributed by atoms with E-state index in [-0.39, 0.29) is 6.03 Å². The van der Waals surface area contributed by atoms with E-state index in [0.717, 1.165) is 12.0 Å². The standard InChI is InChI=1S/C18H19ClN2O4/c1-23-14-5-2-4-13(10-14)21-18(22)20-11-12-8-15(19)17-16(9-12)24-6-3-7-25-17/h2,4-5,8-10H,3,6-7,11H2,1H3,(H2,20,21,22). The van der Waals surface area contributed by atoms with E-state index >= 15 is 0 Å². The summed E-state index contributed by atoms with van der Waals surface area (Å²) in [5.74, 6) is 1.84. The zero-order valence-electron chi connectivity index (χ0n) is 13.8. The van der Waals surface area contributed by atoms with Gasteiger partial charge in [-0.2, -0.15) is 0 Å². The van der Waals surface area contributed by atoms with E-state index in [0.29, 0.717) is 47.7 Å². The van der Waals surface area contributed by atoms with Crippen LogP contribution in [0.15, 0.2) is 36.4 Å². The Morgan fingerprint density at radius 1 is 1.24 bits per heavy atom. The first-order valence-electron chi connectivity index (χ1n) is 7.92. The molecule has 2 amide bonds. The summed E-state index contributed by atoms with van der Waals surface area (Å²) in [6.45, 7) is 1.47. The highest BCUT2D eigenvalue weighted by Gasteiger charge is 2.15. The number of anilines is 1. The van der Waals surface area contributed by atoms with E-state index in [4.69, 9.17) is 25.8 Å². The molecular weight excluding hydrogens is 344 g/mol. The number of ether oxygens (including phenoxy) is 3. The molecule has 6 nitrogen and oxygen atoms in total. The highest BCUT2D eigenvalue weighted by molar-refractivity contribution is 6.32. The molecule has 7 heteroatoms. The third-order valence-electron chi connectivity index (χ3n) is 3.64. The number of hydrogen-bond acceptors (Lipinski definition) is 4. The second kappa shape index (κ2) is 7.98. The van der Waals surface area contributed by atoms with Crippen molar-refractivity contribution in [3.63, 3.8) is 0 Å². The van der Waals surface area contributed by atoms with E-state index in [1.807, 2.05) is 12.1 Å². The largest absolute Gasteiger partial charge is 0.497 e. The lowest BCUT2D eigenvalue weighted by molar-refractivity contribution is 0.251. The maximum absolute atomic E-state index is 12.1. The van der Waals surface area contributed by atoms with Crippen molar-refractivity contribution < 1.29 is 19.0 Å². The molecule has 2 N–H and O–H groups in total. The quantitative estimate of drug-likeness (QED) is 0.867. The molecule has 1 heterocycles. The minimum absolute atomic E-state index is 0.312. The summed E-state index contributed by atoms with van der Waals surface area (Å²) in [4.78, 5) is 12.1. The van der Waals surface area contributed by atoms with Crippen LogP contribution in [-0.4, -0.2) is 26.4 Å². The summed E-state index contributed by atoms with van der Waals surface area (Å²) < 4.78 is 16.4. The lowest BCUT2D eigenvalue weighted by Gasteiger charge is -2.13. The molecule has 25 heavy (non-hydrogen) atoms. The zero-order chi connectivity index (χ0) is 17.6. The molecule has 0 saturated carbocycles. The molecule has 0 spiro atoms. The SMILES string of the molecule is COc1cccc(NC(=O)NCc2cc(Cl)c3c(c2)OCCCO3)c1. The third kappa shape index (κ3) is 4.48. The highest BCUT2D eigenvalue weighted by atomic mass is 35.5. The normalized spacial score (nSPS) is 12.9. The minimum atomic E-state index is -0.323. The topological polar surface area (TPSA) is 68.8 Å². The monoisotopic (exact) mass is 362 g/mol. The predicted octanol–water partition coefficient (Wildman–Crippen LogP) is 3.83. The first kappa shape index (κ1) is 17.2. The van der Waals surface area contributed by atoms with Crippen molar-refractivity contribution in [1.29, 1.82) is 0 Å². The Bertz CT molecular complexity index is 767. The summed E-state index contributed by atoms with van der Waals surface area (Å²) in [6.07, 6.45) is 0.807. The van der Waals surface area contributed by atoms with Crippen molar-refractivity contribution in [3.8, 4) is 17.2 Å². The van der Waals surface area contributed by atoms with E-state index in [2.05, 4.69) is 10.6 Å². The van der Waals surface area contributed by atoms with Gasteiger partial charge >= 0.3 is 6.03 Å². The van der Waals surface area contributed by atoms with E-state index in [1.165, 1.54) is 0 Å². The van der Waals surface area contributed by atoms with Gasteiger partial charge in [0.15, 0.2) is 11.5 Å². The van der Waals surface area contributed by atoms with Gasteiger partial charge < -0.3 is 24.8 Å². The number of carbonyl (C=O) groups is 1. The molecule has 0 aromatic heterocycles. The van der Waals surface area contributed by atoms with Gasteiger partial charge in [-0.15, -0.1) is 0 Å². The van der Waals surface area contributed by atoms with Crippen molar-refractivity contribution in [2.24, 2.45) is 0 Å². The highest BCUT2D eigenvalue weighted by Crippen LogP contribution is 2.37. The van der Waals surface area contributed by atoms with Gasteiger partial charge in [0.25, 0.3) is 0 Å². The Morgan fingerprint density at radius 3 is 2.92 bits per heavy atom. The van der Waals surface area contributed by atoms with Crippen LogP contribution in [0.5, 0.6) is 17.2 Å². The fraction of sp³-hybridized carbons (Fsp3) is 0.278. The van der Waals surface area contributed by atoms with Gasteiger partial charge in [-0.1, -0.05) is 17.7 Å². The van der Waals surface area contributed by atoms with Crippen LogP contribution in [-0.2, 0) is 6.54 Å². The van der Waals surface area contributed by atoms with Crippen LogP contribution < -0.4 is 24.8 Å². The summed E-state index contributed by atoms with van der Waals surface area (Å²) in [5, 5.41) is 6.02. The number of rotatable bonds is 4. The third-order valence-corrected chi connectivity index (χ3v) is 3.92. The summed E-state index contributed by atoms with van der Waals surface area (Å²) in [5.41, 5.74) is 1.48. The Balaban J connectivity index is 1.62. The van der Waals surface area contributed by atoms with Crippen LogP contribution >= 0.6 is 11.6 Å². The van der Waals surface area contributed by atoms with E-state index < -0.39 is 0 Å². The molecule has 0 fully saturated rings. The number of halogens is 1. The number of hydrogen-bond donors (Lipinski definition) is 2. The number of benzene rings is 2. The number of urea groups is 1. The van der Waals surface area contributed by atoms with E-state index in [9.17, 15) is 4.79 Å². The Labute approximate surface area is 151 Å². The van der Waals surface area contributed by atoms with Crippen molar-refractivity contribution >= 4 is 23.3 Å². The number of amides is 2. The van der Waals surface area contributed by atoms with Crippen molar-refractivity contribution in [2.75, 3.05) is 25.6 Å². The predicted molar refractivity (Wildman–Crippen MR) is 95.9 cm³/mol. The van der Waals surface area contributed by atoms with Gasteiger partial charge in [-0.3, -0.25) is 0 Å². The molecule has 2 aromatic rings. The Morgan fingerprint density at radius 2 is 2.08 bits per heavy atom. The number of nitrogens with one attached hydrogen (secondary N) is 2. The minimum Gasteiger partial charge on any atom is -0.497 e. The van der Waals surface area contributed by atoms with Crippen molar-refractivity contribution in [1.82, 2.24) is 5.32 Å². The van der Waals surface area contributed by atoms with Crippen LogP contribution in [0, 0.1) is 0 Å². The fourth-order valence-electron chi connectivity index (χ4n) is 2.44. The molecule has 3 rings (SSSR count). The molecule has 0 saturated heterocycles. The molecule has 0 atom stereocenters. The fourth-order valence-corrected chi connectivity index (χ4v) is 2.73. The van der Waals surface area contributed by atoms with Crippen molar-refractivity contribution in [2.45, 2.75) is 13.0 Å². The summed E-state index contributed by atoms with van der Waals surface area (Å²) in [7, 11) is 1.58. The number of fused-ring (bicyclic) bond motifs is 1. The van der Waals surface area contributed by atoms with Gasteiger partial charge in [0.2, 0.25) is 0 Å². The summed E-state index contributed by atoms with van der Waals surface area (Å²) >= 11 is 6.25. The molecule has 0 unspecified atom stereocenters. The summed E-state index contributed by atoms with van der Waals surface area (Å²) in [6, 6.07) is 10.4. The van der Waals surface area contributed by atoms with Gasteiger partial charge in [-0.25, -0.2) is 4.79 Å². The first-order valence-corrected chi connectivity index (χ1v) is 8.30. The maximum atomic E-state index is 12.1. The van der Waals surface area contributed by atoms with Crippen LogP contribution in [0.2, 0.25) is 5.02 Å². The zero-order valence-corrected chi connectivity index (χ0v) is 14.6. The molecule has 1 aliphatic rings. The van der Waals surface area contributed by atoms with Crippen LogP contribution in [0.3, 0.4) is 0 Å². The van der Waals surface area contributed by atoms with Gasteiger partial charge in [0, 0.05) is 24.7 Å². The van der Waals surface area contributed by atoms with Gasteiger partial charge in [0.1, 0.15) is 5.75 Å². The molecule has 0 aliphatic carbocycles. The number of carbonyl (C=O) groups excluding carboxylic acids is 1. The molecule has 2 aromatic carbocycles. The smallest absolute Gasteiger partial charge is 0.319 e. The van der Waals surface area contributed by atoms with Crippen LogP contribution in [0.1, 0.15) is 12.0 Å². The Hall–Kier alpha value is -2.60. The maximum Gasteiger partial charge on any atom is 0.319 e. The average molecular weight is 363 g/mol. The second-order valence-electron chi connectivity index (χ2n) is 5.50. The molecule has 1 aliphatic heterocycles. The van der Waals surface area contributed by atoms with Gasteiger partial charge in [0.05, 0.1) is 25.3 Å². The van der Waals surface area contributed by atoms with Crippen LogP contribution in [0.4, 0.5) is 10.5 Å². The molecule has 132 valence electrons.